The lowest BCUT2D eigenvalue weighted by Gasteiger charge is -2.48. The summed E-state index contributed by atoms with van der Waals surface area (Å²) in [4.78, 5) is 12.7. The minimum Gasteiger partial charge on any atom is -0.354 e. The van der Waals surface area contributed by atoms with E-state index in [1.165, 1.54) is 89.1 Å². The van der Waals surface area contributed by atoms with Crippen molar-refractivity contribution >= 4 is 41.7 Å². The monoisotopic (exact) mass is 521 g/mol. The Morgan fingerprint density at radius 1 is 1.00 bits per heavy atom. The quantitative estimate of drug-likeness (QED) is 0.350. The normalized spacial score (nSPS) is 29.7. The summed E-state index contributed by atoms with van der Waals surface area (Å²) in [6.07, 6.45) is 11.0. The number of hydrogen-bond donors (Lipinski definition) is 1. The Hall–Kier alpha value is 0.270. The van der Waals surface area contributed by atoms with Crippen LogP contribution in [0.2, 0.25) is 0 Å². The van der Waals surface area contributed by atoms with Gasteiger partial charge in [-0.05, 0) is 45.2 Å². The highest BCUT2D eigenvalue weighted by Crippen LogP contribution is 2.35. The van der Waals surface area contributed by atoms with Crippen LogP contribution < -0.4 is 5.32 Å². The van der Waals surface area contributed by atoms with Gasteiger partial charge >= 0.3 is 0 Å². The average molecular weight is 522 g/mol. The van der Waals surface area contributed by atoms with Crippen molar-refractivity contribution in [1.29, 1.82) is 0 Å². The summed E-state index contributed by atoms with van der Waals surface area (Å²) in [5, 5.41) is 3.84. The van der Waals surface area contributed by atoms with E-state index >= 15 is 0 Å². The lowest BCUT2D eigenvalue weighted by Crippen LogP contribution is -2.60. The third-order valence-electron chi connectivity index (χ3n) is 7.37. The maximum atomic E-state index is 4.68. The Morgan fingerprint density at radius 3 is 2.39 bits per heavy atom. The maximum Gasteiger partial charge on any atom is 0.193 e. The molecule has 1 saturated carbocycles. The lowest BCUT2D eigenvalue weighted by molar-refractivity contribution is 0.0621. The first-order valence-electron chi connectivity index (χ1n) is 11.3. The van der Waals surface area contributed by atoms with E-state index in [0.717, 1.165) is 31.6 Å². The summed E-state index contributed by atoms with van der Waals surface area (Å²) in [5.41, 5.74) is 0.364. The molecule has 0 radical (unpaired) electrons. The molecule has 0 spiro atoms. The number of thioether (sulfide) groups is 1. The molecule has 0 aromatic carbocycles. The van der Waals surface area contributed by atoms with Crippen molar-refractivity contribution in [3.63, 3.8) is 0 Å². The van der Waals surface area contributed by atoms with Gasteiger partial charge in [-0.2, -0.15) is 11.8 Å². The van der Waals surface area contributed by atoms with Crippen LogP contribution in [0.15, 0.2) is 4.99 Å². The highest BCUT2D eigenvalue weighted by molar-refractivity contribution is 14.0. The van der Waals surface area contributed by atoms with E-state index < -0.39 is 0 Å². The van der Waals surface area contributed by atoms with Crippen LogP contribution in [0.25, 0.3) is 0 Å². The van der Waals surface area contributed by atoms with Gasteiger partial charge in [-0.3, -0.25) is 14.8 Å². The molecule has 4 rings (SSSR count). The van der Waals surface area contributed by atoms with Crippen LogP contribution in [-0.4, -0.2) is 96.6 Å². The summed E-state index contributed by atoms with van der Waals surface area (Å²) in [6.45, 7) is 8.55. The Labute approximate surface area is 193 Å². The van der Waals surface area contributed by atoms with E-state index in [9.17, 15) is 0 Å². The number of guanidine groups is 1. The van der Waals surface area contributed by atoms with Crippen molar-refractivity contribution < 1.29 is 0 Å². The van der Waals surface area contributed by atoms with Gasteiger partial charge in [0.2, 0.25) is 0 Å². The third-order valence-corrected chi connectivity index (χ3v) is 8.32. The largest absolute Gasteiger partial charge is 0.354 e. The highest BCUT2D eigenvalue weighted by Gasteiger charge is 2.39. The van der Waals surface area contributed by atoms with E-state index in [1.807, 2.05) is 7.05 Å². The molecule has 162 valence electrons. The first-order valence-corrected chi connectivity index (χ1v) is 12.5. The van der Waals surface area contributed by atoms with Crippen molar-refractivity contribution in [2.75, 3.05) is 64.4 Å². The summed E-state index contributed by atoms with van der Waals surface area (Å²) >= 11 is 2.12. The molecule has 3 heterocycles. The van der Waals surface area contributed by atoms with Gasteiger partial charge in [0, 0.05) is 62.9 Å². The third kappa shape index (κ3) is 5.30. The number of halogens is 1. The first-order chi connectivity index (χ1) is 13.3. The highest BCUT2D eigenvalue weighted by atomic mass is 127. The predicted octanol–water partition coefficient (Wildman–Crippen LogP) is 3.10. The van der Waals surface area contributed by atoms with Crippen molar-refractivity contribution in [2.45, 2.75) is 62.9 Å². The molecule has 0 aromatic heterocycles. The zero-order valence-corrected chi connectivity index (χ0v) is 20.9. The SMILES string of the molecule is CN=C(NCC1(N2CCSCC2)CCCCC1)N1CCC(N2CCCC2)C1.I. The molecule has 3 saturated heterocycles. The van der Waals surface area contributed by atoms with E-state index in [0.29, 0.717) is 5.54 Å². The van der Waals surface area contributed by atoms with Crippen LogP contribution in [0.3, 0.4) is 0 Å². The van der Waals surface area contributed by atoms with Crippen LogP contribution in [0.1, 0.15) is 51.4 Å². The summed E-state index contributed by atoms with van der Waals surface area (Å²) in [5.74, 6) is 3.76. The second kappa shape index (κ2) is 11.0. The molecule has 4 fully saturated rings. The molecular weight excluding hydrogens is 481 g/mol. The molecule has 1 atom stereocenters. The molecule has 28 heavy (non-hydrogen) atoms. The van der Waals surface area contributed by atoms with Gasteiger partial charge in [0.1, 0.15) is 0 Å². The van der Waals surface area contributed by atoms with Crippen LogP contribution >= 0.6 is 35.7 Å². The van der Waals surface area contributed by atoms with Crippen LogP contribution in [0, 0.1) is 0 Å². The number of nitrogens with zero attached hydrogens (tertiary/aromatic N) is 4. The number of aliphatic imine (C=N–C) groups is 1. The molecule has 7 heteroatoms. The molecule has 4 aliphatic rings. The molecule has 5 nitrogen and oxygen atoms in total. The molecule has 1 unspecified atom stereocenters. The van der Waals surface area contributed by atoms with E-state index in [2.05, 4.69) is 36.8 Å². The Kier molecular flexibility index (Phi) is 9.05. The Bertz CT molecular complexity index is 499. The van der Waals surface area contributed by atoms with Gasteiger partial charge in [0.05, 0.1) is 0 Å². The molecule has 3 aliphatic heterocycles. The summed E-state index contributed by atoms with van der Waals surface area (Å²) in [7, 11) is 1.97. The van der Waals surface area contributed by atoms with E-state index in [-0.39, 0.29) is 24.0 Å². The van der Waals surface area contributed by atoms with Crippen molar-refractivity contribution in [1.82, 2.24) is 20.0 Å². The van der Waals surface area contributed by atoms with Crippen LogP contribution in [0.4, 0.5) is 0 Å². The fraction of sp³-hybridized carbons (Fsp3) is 0.952. The number of nitrogens with one attached hydrogen (secondary N) is 1. The average Bonchev–Trinajstić information content (AvgIpc) is 3.42. The molecule has 1 N–H and O–H groups in total. The predicted molar refractivity (Wildman–Crippen MR) is 132 cm³/mol. The topological polar surface area (TPSA) is 34.1 Å². The van der Waals surface area contributed by atoms with Gasteiger partial charge in [-0.25, -0.2) is 0 Å². The van der Waals surface area contributed by atoms with Gasteiger partial charge in [0.25, 0.3) is 0 Å². The zero-order chi connectivity index (χ0) is 18.5. The van der Waals surface area contributed by atoms with Gasteiger partial charge in [-0.15, -0.1) is 24.0 Å². The van der Waals surface area contributed by atoms with Crippen LogP contribution in [0.5, 0.6) is 0 Å². The number of hydrogen-bond acceptors (Lipinski definition) is 4. The first kappa shape index (κ1) is 22.9. The second-order valence-electron chi connectivity index (χ2n) is 8.92. The van der Waals surface area contributed by atoms with Crippen molar-refractivity contribution in [3.05, 3.63) is 0 Å². The molecular formula is C21H40IN5S. The minimum absolute atomic E-state index is 0. The van der Waals surface area contributed by atoms with Gasteiger partial charge in [-0.1, -0.05) is 19.3 Å². The lowest BCUT2D eigenvalue weighted by atomic mass is 9.80. The van der Waals surface area contributed by atoms with Gasteiger partial charge in [0.15, 0.2) is 5.96 Å². The second-order valence-corrected chi connectivity index (χ2v) is 10.1. The smallest absolute Gasteiger partial charge is 0.193 e. The minimum atomic E-state index is 0. The van der Waals surface area contributed by atoms with Crippen molar-refractivity contribution in [3.8, 4) is 0 Å². The Morgan fingerprint density at radius 2 is 1.71 bits per heavy atom. The summed E-state index contributed by atoms with van der Waals surface area (Å²) < 4.78 is 0. The van der Waals surface area contributed by atoms with Crippen molar-refractivity contribution in [2.24, 2.45) is 4.99 Å². The molecule has 0 amide bonds. The summed E-state index contributed by atoms with van der Waals surface area (Å²) in [6, 6.07) is 0.744. The molecule has 0 bridgehead atoms. The standard InChI is InChI=1S/C21H39N5S.HI/c1-22-20(25-12-7-19(17-25)24-10-5-6-11-24)23-18-21(8-3-2-4-9-21)26-13-15-27-16-14-26;/h19H,2-18H2,1H3,(H,22,23);1H. The molecule has 0 aromatic rings. The Balaban J connectivity index is 0.00000225. The van der Waals surface area contributed by atoms with Crippen LogP contribution in [-0.2, 0) is 0 Å². The zero-order valence-electron chi connectivity index (χ0n) is 17.7. The number of rotatable bonds is 4. The number of likely N-dealkylation sites (tertiary alicyclic amines) is 2. The van der Waals surface area contributed by atoms with Gasteiger partial charge < -0.3 is 10.2 Å². The fourth-order valence-corrected chi connectivity index (χ4v) is 6.67. The fourth-order valence-electron chi connectivity index (χ4n) is 5.77. The van der Waals surface area contributed by atoms with E-state index in [1.54, 1.807) is 0 Å². The maximum absolute atomic E-state index is 4.68. The van der Waals surface area contributed by atoms with E-state index in [4.69, 9.17) is 0 Å². The molecule has 1 aliphatic carbocycles.